The van der Waals surface area contributed by atoms with Crippen molar-refractivity contribution in [1.29, 1.82) is 0 Å². The van der Waals surface area contributed by atoms with Crippen molar-refractivity contribution < 1.29 is 18.8 Å². The number of benzene rings is 2. The number of imide groups is 1. The number of hydrogen-bond donors (Lipinski definition) is 2. The predicted octanol–water partition coefficient (Wildman–Crippen LogP) is 2.34. The van der Waals surface area contributed by atoms with E-state index in [4.69, 9.17) is 0 Å². The van der Waals surface area contributed by atoms with Gasteiger partial charge in [0.05, 0.1) is 0 Å². The van der Waals surface area contributed by atoms with Gasteiger partial charge in [0.25, 0.3) is 5.91 Å². The van der Waals surface area contributed by atoms with E-state index in [0.29, 0.717) is 5.56 Å². The molecule has 0 bridgehead atoms. The SMILES string of the molecule is CCNc1ccc(CN2CCN(c3cc(F)cc4c3CN(C3CCC(=O)NC3=O)C4=O)CC2)cc1. The molecule has 35 heavy (non-hydrogen) atoms. The van der Waals surface area contributed by atoms with E-state index in [2.05, 4.69) is 51.6 Å². The number of fused-ring (bicyclic) bond motifs is 1. The summed E-state index contributed by atoms with van der Waals surface area (Å²) in [6, 6.07) is 10.5. The minimum absolute atomic E-state index is 0.192. The van der Waals surface area contributed by atoms with Crippen molar-refractivity contribution in [3.63, 3.8) is 0 Å². The number of amides is 3. The van der Waals surface area contributed by atoms with Crippen molar-refractivity contribution >= 4 is 29.1 Å². The molecule has 3 amide bonds. The molecule has 9 heteroatoms. The zero-order chi connectivity index (χ0) is 24.5. The highest BCUT2D eigenvalue weighted by molar-refractivity contribution is 6.06. The Morgan fingerprint density at radius 3 is 2.49 bits per heavy atom. The molecule has 5 rings (SSSR count). The van der Waals surface area contributed by atoms with Gasteiger partial charge >= 0.3 is 0 Å². The minimum Gasteiger partial charge on any atom is -0.385 e. The van der Waals surface area contributed by atoms with E-state index in [1.165, 1.54) is 22.6 Å². The number of nitrogens with zero attached hydrogens (tertiary/aromatic N) is 3. The quantitative estimate of drug-likeness (QED) is 0.619. The molecule has 2 N–H and O–H groups in total. The largest absolute Gasteiger partial charge is 0.385 e. The maximum atomic E-state index is 14.6. The van der Waals surface area contributed by atoms with Crippen LogP contribution in [-0.4, -0.2) is 66.3 Å². The zero-order valence-electron chi connectivity index (χ0n) is 19.8. The first-order chi connectivity index (χ1) is 16.9. The van der Waals surface area contributed by atoms with Crippen LogP contribution in [0.15, 0.2) is 36.4 Å². The molecule has 0 aliphatic carbocycles. The average molecular weight is 480 g/mol. The molecule has 184 valence electrons. The van der Waals surface area contributed by atoms with Crippen molar-refractivity contribution in [2.45, 2.75) is 38.9 Å². The van der Waals surface area contributed by atoms with E-state index < -0.39 is 17.8 Å². The Morgan fingerprint density at radius 2 is 1.80 bits per heavy atom. The molecule has 0 aromatic heterocycles. The van der Waals surface area contributed by atoms with E-state index in [1.54, 1.807) is 0 Å². The summed E-state index contributed by atoms with van der Waals surface area (Å²) < 4.78 is 14.6. The van der Waals surface area contributed by atoms with Gasteiger partial charge < -0.3 is 15.1 Å². The first-order valence-electron chi connectivity index (χ1n) is 12.2. The summed E-state index contributed by atoms with van der Waals surface area (Å²) in [7, 11) is 0. The first kappa shape index (κ1) is 23.3. The lowest BCUT2D eigenvalue weighted by atomic mass is 10.0. The molecule has 2 aromatic carbocycles. The Balaban J connectivity index is 1.27. The van der Waals surface area contributed by atoms with Gasteiger partial charge in [0.1, 0.15) is 11.9 Å². The summed E-state index contributed by atoms with van der Waals surface area (Å²) in [5.41, 5.74) is 4.15. The molecule has 1 unspecified atom stereocenters. The molecule has 2 aromatic rings. The van der Waals surface area contributed by atoms with Gasteiger partial charge in [0.2, 0.25) is 11.8 Å². The molecule has 1 atom stereocenters. The lowest BCUT2D eigenvalue weighted by molar-refractivity contribution is -0.136. The summed E-state index contributed by atoms with van der Waals surface area (Å²) in [6.45, 7) is 7.15. The second-order valence-electron chi connectivity index (χ2n) is 9.34. The van der Waals surface area contributed by atoms with Gasteiger partial charge in [0, 0.05) is 74.7 Å². The summed E-state index contributed by atoms with van der Waals surface area (Å²) in [5.74, 6) is -1.60. The van der Waals surface area contributed by atoms with Gasteiger partial charge in [-0.05, 0) is 43.2 Å². The maximum absolute atomic E-state index is 14.6. The van der Waals surface area contributed by atoms with Gasteiger partial charge in [-0.2, -0.15) is 0 Å². The number of halogens is 1. The molecular formula is C26H30FN5O3. The number of rotatable bonds is 6. The van der Waals surface area contributed by atoms with Crippen LogP contribution in [0.1, 0.15) is 41.3 Å². The van der Waals surface area contributed by atoms with Crippen LogP contribution in [0.4, 0.5) is 15.8 Å². The molecule has 3 heterocycles. The second-order valence-corrected chi connectivity index (χ2v) is 9.34. The molecule has 0 saturated carbocycles. The smallest absolute Gasteiger partial charge is 0.255 e. The third-order valence-corrected chi connectivity index (χ3v) is 7.05. The van der Waals surface area contributed by atoms with Crippen molar-refractivity contribution in [2.24, 2.45) is 0 Å². The van der Waals surface area contributed by atoms with Crippen LogP contribution in [0.2, 0.25) is 0 Å². The van der Waals surface area contributed by atoms with E-state index in [-0.39, 0.29) is 31.2 Å². The van der Waals surface area contributed by atoms with Crippen LogP contribution >= 0.6 is 0 Å². The topological polar surface area (TPSA) is 85.0 Å². The highest BCUT2D eigenvalue weighted by Gasteiger charge is 2.41. The number of nitrogens with one attached hydrogen (secondary N) is 2. The van der Waals surface area contributed by atoms with Crippen LogP contribution < -0.4 is 15.5 Å². The fraction of sp³-hybridized carbons (Fsp3) is 0.423. The molecule has 2 fully saturated rings. The lowest BCUT2D eigenvalue weighted by Crippen LogP contribution is -2.52. The Morgan fingerprint density at radius 1 is 1.06 bits per heavy atom. The van der Waals surface area contributed by atoms with E-state index in [1.807, 2.05) is 0 Å². The number of carbonyl (C=O) groups is 3. The Bertz CT molecular complexity index is 1140. The van der Waals surface area contributed by atoms with Crippen molar-refractivity contribution in [1.82, 2.24) is 15.1 Å². The number of piperidine rings is 1. The van der Waals surface area contributed by atoms with Crippen LogP contribution in [0.5, 0.6) is 0 Å². The third kappa shape index (κ3) is 4.73. The van der Waals surface area contributed by atoms with Crippen molar-refractivity contribution in [2.75, 3.05) is 42.9 Å². The Labute approximate surface area is 204 Å². The van der Waals surface area contributed by atoms with Gasteiger partial charge in [-0.1, -0.05) is 12.1 Å². The van der Waals surface area contributed by atoms with E-state index in [0.717, 1.165) is 56.2 Å². The fourth-order valence-corrected chi connectivity index (χ4v) is 5.23. The highest BCUT2D eigenvalue weighted by atomic mass is 19.1. The third-order valence-electron chi connectivity index (χ3n) is 7.05. The van der Waals surface area contributed by atoms with Crippen molar-refractivity contribution in [3.05, 3.63) is 58.9 Å². The summed E-state index contributed by atoms with van der Waals surface area (Å²) in [6.07, 6.45) is 0.480. The number of anilines is 2. The summed E-state index contributed by atoms with van der Waals surface area (Å²) in [4.78, 5) is 43.0. The maximum Gasteiger partial charge on any atom is 0.255 e. The zero-order valence-corrected chi connectivity index (χ0v) is 19.8. The molecule has 3 aliphatic rings. The van der Waals surface area contributed by atoms with Gasteiger partial charge in [-0.15, -0.1) is 0 Å². The van der Waals surface area contributed by atoms with Gasteiger partial charge in [0.15, 0.2) is 0 Å². The van der Waals surface area contributed by atoms with Crippen LogP contribution in [0.25, 0.3) is 0 Å². The van der Waals surface area contributed by atoms with Gasteiger partial charge in [-0.3, -0.25) is 24.6 Å². The molecule has 0 spiro atoms. The van der Waals surface area contributed by atoms with E-state index >= 15 is 0 Å². The summed E-state index contributed by atoms with van der Waals surface area (Å²) in [5, 5.41) is 5.62. The van der Waals surface area contributed by atoms with Crippen LogP contribution in [0.3, 0.4) is 0 Å². The Kier molecular flexibility index (Phi) is 6.42. The molecule has 3 aliphatic heterocycles. The number of carbonyl (C=O) groups excluding carboxylic acids is 3. The van der Waals surface area contributed by atoms with Crippen molar-refractivity contribution in [3.8, 4) is 0 Å². The minimum atomic E-state index is -0.709. The lowest BCUT2D eigenvalue weighted by Gasteiger charge is -2.37. The predicted molar refractivity (Wildman–Crippen MR) is 131 cm³/mol. The van der Waals surface area contributed by atoms with E-state index in [9.17, 15) is 18.8 Å². The second kappa shape index (κ2) is 9.65. The molecule has 2 saturated heterocycles. The monoisotopic (exact) mass is 479 g/mol. The molecule has 0 radical (unpaired) electrons. The fourth-order valence-electron chi connectivity index (χ4n) is 5.23. The standard InChI is InChI=1S/C26H30FN5O3/c1-2-28-19-5-3-17(4-6-19)15-30-9-11-31(12-10-30)23-14-18(27)13-20-21(23)16-32(26(20)35)22-7-8-24(33)29-25(22)34/h3-6,13-14,22,28H,2,7-12,15-16H2,1H3,(H,29,33,34). The normalized spacial score (nSPS) is 20.7. The first-order valence-corrected chi connectivity index (χ1v) is 12.2. The molecular weight excluding hydrogens is 449 g/mol. The Hall–Kier alpha value is -3.46. The highest BCUT2D eigenvalue weighted by Crippen LogP contribution is 2.35. The molecule has 8 nitrogen and oxygen atoms in total. The average Bonchev–Trinajstić information content (AvgIpc) is 3.16. The summed E-state index contributed by atoms with van der Waals surface area (Å²) >= 11 is 0. The number of piperazine rings is 1. The van der Waals surface area contributed by atoms with Crippen LogP contribution in [-0.2, 0) is 22.7 Å². The van der Waals surface area contributed by atoms with Crippen LogP contribution in [0, 0.1) is 5.82 Å². The van der Waals surface area contributed by atoms with Gasteiger partial charge in [-0.25, -0.2) is 4.39 Å². The number of hydrogen-bond acceptors (Lipinski definition) is 6.